The van der Waals surface area contributed by atoms with Crippen LogP contribution in [0.25, 0.3) is 0 Å². The number of amides is 1. The molecule has 5 heteroatoms. The molecule has 0 radical (unpaired) electrons. The minimum absolute atomic E-state index is 0.254. The summed E-state index contributed by atoms with van der Waals surface area (Å²) in [6.45, 7) is 2.56. The fraction of sp³-hybridized carbons (Fsp3) is 0.130. The summed E-state index contributed by atoms with van der Waals surface area (Å²) >= 11 is 5.23. The van der Waals surface area contributed by atoms with Crippen molar-refractivity contribution < 1.29 is 9.53 Å². The van der Waals surface area contributed by atoms with Crippen LogP contribution in [0.15, 0.2) is 78.9 Å². The Labute approximate surface area is 170 Å². The SMILES string of the molecule is Cc1ccc(NC(=S)NC(=O)c2cccc(OCCc3ccccc3)c2)cc1. The second-order valence-corrected chi connectivity index (χ2v) is 6.79. The number of hydrogen-bond acceptors (Lipinski definition) is 3. The van der Waals surface area contributed by atoms with Gasteiger partial charge in [-0.05, 0) is 55.0 Å². The summed E-state index contributed by atoms with van der Waals surface area (Å²) in [5.41, 5.74) is 3.69. The minimum atomic E-state index is -0.280. The van der Waals surface area contributed by atoms with E-state index in [2.05, 4.69) is 22.8 Å². The number of nitrogens with one attached hydrogen (secondary N) is 2. The molecule has 0 aliphatic carbocycles. The fourth-order valence-electron chi connectivity index (χ4n) is 2.63. The number of thiocarbonyl (C=S) groups is 1. The van der Waals surface area contributed by atoms with Gasteiger partial charge in [0.2, 0.25) is 0 Å². The van der Waals surface area contributed by atoms with Crippen molar-refractivity contribution in [3.05, 3.63) is 95.6 Å². The summed E-state index contributed by atoms with van der Waals surface area (Å²) in [5.74, 6) is 0.374. The molecule has 0 aliphatic heterocycles. The molecule has 4 nitrogen and oxygen atoms in total. The van der Waals surface area contributed by atoms with Gasteiger partial charge in [0.1, 0.15) is 5.75 Å². The summed E-state index contributed by atoms with van der Waals surface area (Å²) < 4.78 is 5.78. The van der Waals surface area contributed by atoms with Gasteiger partial charge in [-0.15, -0.1) is 0 Å². The van der Waals surface area contributed by atoms with E-state index in [0.29, 0.717) is 17.9 Å². The first-order valence-corrected chi connectivity index (χ1v) is 9.47. The Hall–Kier alpha value is -3.18. The van der Waals surface area contributed by atoms with Crippen molar-refractivity contribution in [3.63, 3.8) is 0 Å². The van der Waals surface area contributed by atoms with Crippen LogP contribution < -0.4 is 15.4 Å². The van der Waals surface area contributed by atoms with E-state index in [1.165, 1.54) is 5.56 Å². The molecule has 1 amide bonds. The molecule has 28 heavy (non-hydrogen) atoms. The van der Waals surface area contributed by atoms with Crippen molar-refractivity contribution in [2.45, 2.75) is 13.3 Å². The molecule has 0 aromatic heterocycles. The Morgan fingerprint density at radius 2 is 1.71 bits per heavy atom. The van der Waals surface area contributed by atoms with E-state index < -0.39 is 0 Å². The molecule has 0 heterocycles. The third-order valence-electron chi connectivity index (χ3n) is 4.14. The molecular formula is C23H22N2O2S. The van der Waals surface area contributed by atoms with Crippen molar-refractivity contribution in [1.82, 2.24) is 5.32 Å². The lowest BCUT2D eigenvalue weighted by molar-refractivity contribution is 0.0977. The predicted octanol–water partition coefficient (Wildman–Crippen LogP) is 4.74. The highest BCUT2D eigenvalue weighted by Crippen LogP contribution is 2.14. The number of aryl methyl sites for hydroxylation is 1. The van der Waals surface area contributed by atoms with Crippen LogP contribution in [0.5, 0.6) is 5.75 Å². The lowest BCUT2D eigenvalue weighted by Gasteiger charge is -2.11. The Bertz CT molecular complexity index is 940. The van der Waals surface area contributed by atoms with Gasteiger partial charge in [-0.3, -0.25) is 10.1 Å². The summed E-state index contributed by atoms with van der Waals surface area (Å²) in [5, 5.41) is 5.95. The summed E-state index contributed by atoms with van der Waals surface area (Å²) in [6.07, 6.45) is 0.807. The highest BCUT2D eigenvalue weighted by atomic mass is 32.1. The van der Waals surface area contributed by atoms with E-state index >= 15 is 0 Å². The molecule has 0 aliphatic rings. The molecule has 3 aromatic carbocycles. The lowest BCUT2D eigenvalue weighted by Crippen LogP contribution is -2.34. The Morgan fingerprint density at radius 1 is 0.964 bits per heavy atom. The number of rotatable bonds is 6. The van der Waals surface area contributed by atoms with E-state index in [1.54, 1.807) is 18.2 Å². The van der Waals surface area contributed by atoms with Gasteiger partial charge >= 0.3 is 0 Å². The first kappa shape index (κ1) is 19.6. The largest absolute Gasteiger partial charge is 0.493 e. The maximum atomic E-state index is 12.5. The highest BCUT2D eigenvalue weighted by Gasteiger charge is 2.09. The third-order valence-corrected chi connectivity index (χ3v) is 4.34. The van der Waals surface area contributed by atoms with Crippen LogP contribution in [0.4, 0.5) is 5.69 Å². The summed E-state index contributed by atoms with van der Waals surface area (Å²) in [7, 11) is 0. The van der Waals surface area contributed by atoms with E-state index in [9.17, 15) is 4.79 Å². The molecule has 142 valence electrons. The number of hydrogen-bond donors (Lipinski definition) is 2. The predicted molar refractivity (Wildman–Crippen MR) is 117 cm³/mol. The summed E-state index contributed by atoms with van der Waals surface area (Å²) in [4.78, 5) is 12.5. The zero-order valence-corrected chi connectivity index (χ0v) is 16.5. The number of anilines is 1. The first-order chi connectivity index (χ1) is 13.6. The van der Waals surface area contributed by atoms with Gasteiger partial charge in [-0.2, -0.15) is 0 Å². The van der Waals surface area contributed by atoms with Gasteiger partial charge in [0.05, 0.1) is 6.61 Å². The number of carbonyl (C=O) groups is 1. The summed E-state index contributed by atoms with van der Waals surface area (Å²) in [6, 6.07) is 25.0. The molecule has 3 aromatic rings. The average molecular weight is 391 g/mol. The van der Waals surface area contributed by atoms with Gasteiger partial charge in [0.25, 0.3) is 5.91 Å². The van der Waals surface area contributed by atoms with Crippen molar-refractivity contribution in [2.75, 3.05) is 11.9 Å². The highest BCUT2D eigenvalue weighted by molar-refractivity contribution is 7.80. The van der Waals surface area contributed by atoms with Gasteiger partial charge in [0.15, 0.2) is 5.11 Å². The Kier molecular flexibility index (Phi) is 6.76. The topological polar surface area (TPSA) is 50.4 Å². The molecular weight excluding hydrogens is 368 g/mol. The second kappa shape index (κ2) is 9.67. The average Bonchev–Trinajstić information content (AvgIpc) is 2.71. The molecule has 0 unspecified atom stereocenters. The fourth-order valence-corrected chi connectivity index (χ4v) is 2.84. The van der Waals surface area contributed by atoms with Crippen LogP contribution in [0, 0.1) is 6.92 Å². The van der Waals surface area contributed by atoms with Crippen LogP contribution in [-0.4, -0.2) is 17.6 Å². The molecule has 2 N–H and O–H groups in total. The zero-order valence-electron chi connectivity index (χ0n) is 15.6. The van der Waals surface area contributed by atoms with E-state index in [1.807, 2.05) is 55.5 Å². The number of ether oxygens (including phenoxy) is 1. The molecule has 0 saturated heterocycles. The Balaban J connectivity index is 1.52. The van der Waals surface area contributed by atoms with Crippen LogP contribution in [0.3, 0.4) is 0 Å². The van der Waals surface area contributed by atoms with Gasteiger partial charge in [0, 0.05) is 17.7 Å². The van der Waals surface area contributed by atoms with Crippen molar-refractivity contribution in [3.8, 4) is 5.75 Å². The van der Waals surface area contributed by atoms with E-state index in [-0.39, 0.29) is 11.0 Å². The maximum absolute atomic E-state index is 12.5. The second-order valence-electron chi connectivity index (χ2n) is 6.39. The molecule has 3 rings (SSSR count). The van der Waals surface area contributed by atoms with Gasteiger partial charge in [-0.1, -0.05) is 54.1 Å². The van der Waals surface area contributed by atoms with Crippen molar-refractivity contribution in [1.29, 1.82) is 0 Å². The normalized spacial score (nSPS) is 10.2. The maximum Gasteiger partial charge on any atom is 0.257 e. The quantitative estimate of drug-likeness (QED) is 0.597. The lowest BCUT2D eigenvalue weighted by atomic mass is 10.2. The minimum Gasteiger partial charge on any atom is -0.493 e. The number of carbonyl (C=O) groups excluding carboxylic acids is 1. The molecule has 0 saturated carbocycles. The molecule has 0 bridgehead atoms. The Morgan fingerprint density at radius 3 is 2.46 bits per heavy atom. The van der Waals surface area contributed by atoms with Crippen LogP contribution >= 0.6 is 12.2 Å². The third kappa shape index (κ3) is 5.93. The molecule has 0 fully saturated rings. The standard InChI is InChI=1S/C23H22N2O2S/c1-17-10-12-20(13-11-17)24-23(28)25-22(26)19-8-5-9-21(16-19)27-15-14-18-6-3-2-4-7-18/h2-13,16H,14-15H2,1H3,(H2,24,25,26,28). The van der Waals surface area contributed by atoms with Gasteiger partial charge < -0.3 is 10.1 Å². The van der Waals surface area contributed by atoms with Crippen molar-refractivity contribution in [2.24, 2.45) is 0 Å². The molecule has 0 spiro atoms. The monoisotopic (exact) mass is 390 g/mol. The number of benzene rings is 3. The molecule has 0 atom stereocenters. The van der Waals surface area contributed by atoms with Gasteiger partial charge in [-0.25, -0.2) is 0 Å². The first-order valence-electron chi connectivity index (χ1n) is 9.06. The zero-order chi connectivity index (χ0) is 19.8. The van der Waals surface area contributed by atoms with E-state index in [0.717, 1.165) is 17.7 Å². The van der Waals surface area contributed by atoms with Crippen LogP contribution in [0.2, 0.25) is 0 Å². The smallest absolute Gasteiger partial charge is 0.257 e. The van der Waals surface area contributed by atoms with Crippen LogP contribution in [0.1, 0.15) is 21.5 Å². The van der Waals surface area contributed by atoms with Crippen molar-refractivity contribution >= 4 is 28.9 Å². The van der Waals surface area contributed by atoms with Crippen LogP contribution in [-0.2, 0) is 6.42 Å². The van der Waals surface area contributed by atoms with E-state index in [4.69, 9.17) is 17.0 Å².